The summed E-state index contributed by atoms with van der Waals surface area (Å²) in [6.45, 7) is 5.61. The standard InChI is InChI=1S/C21H18ClF3N2O2S/c1-10(2)27(9-12-4-6-13(22)7-5-12)21(29)19-11(3)26-20(30-19)14-8-15(23)17(25)18(28)16(14)24/h4-8,10,28H,9H2,1-3H3. The molecule has 0 aliphatic rings. The van der Waals surface area contributed by atoms with Gasteiger partial charge in [-0.15, -0.1) is 11.3 Å². The summed E-state index contributed by atoms with van der Waals surface area (Å²) in [5.41, 5.74) is 0.790. The first-order chi connectivity index (χ1) is 14.1. The zero-order valence-corrected chi connectivity index (χ0v) is 17.9. The third-order valence-corrected chi connectivity index (χ3v) is 5.94. The lowest BCUT2D eigenvalue weighted by atomic mass is 10.1. The number of amides is 1. The molecule has 0 saturated heterocycles. The van der Waals surface area contributed by atoms with Gasteiger partial charge in [0.2, 0.25) is 5.82 Å². The Kier molecular flexibility index (Phi) is 6.38. The number of aryl methyl sites for hydroxylation is 1. The number of nitrogens with zero attached hydrogens (tertiary/aromatic N) is 2. The molecule has 1 heterocycles. The molecule has 0 bridgehead atoms. The minimum absolute atomic E-state index is 0.0299. The first-order valence-corrected chi connectivity index (χ1v) is 10.2. The molecule has 3 aromatic rings. The monoisotopic (exact) mass is 454 g/mol. The van der Waals surface area contributed by atoms with Crippen molar-refractivity contribution in [1.29, 1.82) is 0 Å². The van der Waals surface area contributed by atoms with Gasteiger partial charge in [-0.05, 0) is 44.5 Å². The lowest BCUT2D eigenvalue weighted by Crippen LogP contribution is -2.36. The summed E-state index contributed by atoms with van der Waals surface area (Å²) in [6.07, 6.45) is 0. The average molecular weight is 455 g/mol. The summed E-state index contributed by atoms with van der Waals surface area (Å²) in [4.78, 5) is 19.2. The largest absolute Gasteiger partial charge is 0.503 e. The van der Waals surface area contributed by atoms with E-state index in [-0.39, 0.29) is 21.8 Å². The minimum atomic E-state index is -1.67. The first kappa shape index (κ1) is 22.1. The summed E-state index contributed by atoms with van der Waals surface area (Å²) in [7, 11) is 0. The van der Waals surface area contributed by atoms with Crippen LogP contribution in [0.15, 0.2) is 30.3 Å². The van der Waals surface area contributed by atoms with Gasteiger partial charge in [0, 0.05) is 17.6 Å². The molecular formula is C21H18ClF3N2O2S. The molecule has 0 atom stereocenters. The Labute approximate surface area is 180 Å². The molecule has 0 aliphatic carbocycles. The number of hydrogen-bond donors (Lipinski definition) is 1. The van der Waals surface area contributed by atoms with Gasteiger partial charge in [0.05, 0.1) is 11.3 Å². The SMILES string of the molecule is Cc1nc(-c2cc(F)c(F)c(O)c2F)sc1C(=O)N(Cc1ccc(Cl)cc1)C(C)C. The van der Waals surface area contributed by atoms with Gasteiger partial charge in [-0.3, -0.25) is 4.79 Å². The number of carbonyl (C=O) groups is 1. The molecule has 9 heteroatoms. The van der Waals surface area contributed by atoms with E-state index in [1.165, 1.54) is 0 Å². The van der Waals surface area contributed by atoms with E-state index in [0.717, 1.165) is 16.9 Å². The van der Waals surface area contributed by atoms with Gasteiger partial charge < -0.3 is 10.0 Å². The number of aromatic hydroxyl groups is 1. The van der Waals surface area contributed by atoms with E-state index in [2.05, 4.69) is 4.98 Å². The third-order valence-electron chi connectivity index (χ3n) is 4.50. The number of halogens is 4. The van der Waals surface area contributed by atoms with Crippen LogP contribution in [-0.4, -0.2) is 26.9 Å². The van der Waals surface area contributed by atoms with Gasteiger partial charge in [0.25, 0.3) is 5.91 Å². The van der Waals surface area contributed by atoms with Crippen molar-refractivity contribution in [3.05, 3.63) is 68.9 Å². The van der Waals surface area contributed by atoms with Crippen LogP contribution in [0.4, 0.5) is 13.2 Å². The van der Waals surface area contributed by atoms with Crippen molar-refractivity contribution in [1.82, 2.24) is 9.88 Å². The highest BCUT2D eigenvalue weighted by Gasteiger charge is 2.27. The Morgan fingerprint density at radius 1 is 1.20 bits per heavy atom. The molecule has 1 amide bonds. The molecule has 0 aliphatic heterocycles. The fourth-order valence-electron chi connectivity index (χ4n) is 2.86. The molecule has 0 unspecified atom stereocenters. The van der Waals surface area contributed by atoms with Gasteiger partial charge in [-0.1, -0.05) is 23.7 Å². The maximum absolute atomic E-state index is 14.3. The number of phenols is 1. The Bertz CT molecular complexity index is 1100. The van der Waals surface area contributed by atoms with Crippen LogP contribution in [0.2, 0.25) is 5.02 Å². The highest BCUT2D eigenvalue weighted by Crippen LogP contribution is 2.36. The molecule has 1 aromatic heterocycles. The van der Waals surface area contributed by atoms with Crippen LogP contribution in [0.3, 0.4) is 0 Å². The van der Waals surface area contributed by atoms with E-state index >= 15 is 0 Å². The summed E-state index contributed by atoms with van der Waals surface area (Å²) in [5, 5.41) is 10.0. The van der Waals surface area contributed by atoms with Gasteiger partial charge in [-0.25, -0.2) is 13.8 Å². The average Bonchev–Trinajstić information content (AvgIpc) is 3.09. The van der Waals surface area contributed by atoms with Crippen LogP contribution in [0.5, 0.6) is 5.75 Å². The molecule has 0 spiro atoms. The normalized spacial score (nSPS) is 11.2. The van der Waals surface area contributed by atoms with Crippen molar-refractivity contribution in [3.63, 3.8) is 0 Å². The van der Waals surface area contributed by atoms with Crippen molar-refractivity contribution < 1.29 is 23.1 Å². The van der Waals surface area contributed by atoms with Gasteiger partial charge in [0.1, 0.15) is 9.88 Å². The van der Waals surface area contributed by atoms with Crippen molar-refractivity contribution in [2.45, 2.75) is 33.4 Å². The summed E-state index contributed by atoms with van der Waals surface area (Å²) in [6, 6.07) is 7.56. The summed E-state index contributed by atoms with van der Waals surface area (Å²) < 4.78 is 41.3. The number of phenolic OH excluding ortho intramolecular Hbond substituents is 1. The Morgan fingerprint density at radius 2 is 1.83 bits per heavy atom. The van der Waals surface area contributed by atoms with Gasteiger partial charge >= 0.3 is 0 Å². The molecule has 0 fully saturated rings. The molecule has 3 rings (SSSR count). The molecule has 0 saturated carbocycles. The van der Waals surface area contributed by atoms with Crippen LogP contribution in [0, 0.1) is 24.4 Å². The second-order valence-corrected chi connectivity index (χ2v) is 8.40. The lowest BCUT2D eigenvalue weighted by Gasteiger charge is -2.26. The van der Waals surface area contributed by atoms with Gasteiger partial charge in [-0.2, -0.15) is 4.39 Å². The fraction of sp³-hybridized carbons (Fsp3) is 0.238. The van der Waals surface area contributed by atoms with Crippen LogP contribution < -0.4 is 0 Å². The molecule has 30 heavy (non-hydrogen) atoms. The quantitative estimate of drug-likeness (QED) is 0.485. The van der Waals surface area contributed by atoms with Crippen LogP contribution in [-0.2, 0) is 6.54 Å². The van der Waals surface area contributed by atoms with E-state index in [1.54, 1.807) is 24.0 Å². The number of carbonyl (C=O) groups excluding carboxylic acids is 1. The highest BCUT2D eigenvalue weighted by atomic mass is 35.5. The summed E-state index contributed by atoms with van der Waals surface area (Å²) in [5.74, 6) is -6.15. The van der Waals surface area contributed by atoms with Gasteiger partial charge in [0.15, 0.2) is 17.4 Å². The number of rotatable bonds is 5. The second-order valence-electron chi connectivity index (χ2n) is 6.97. The van der Waals surface area contributed by atoms with Crippen LogP contribution in [0.25, 0.3) is 10.6 Å². The smallest absolute Gasteiger partial charge is 0.266 e. The van der Waals surface area contributed by atoms with E-state index in [9.17, 15) is 23.1 Å². The molecule has 0 radical (unpaired) electrons. The van der Waals surface area contributed by atoms with Crippen molar-refractivity contribution in [2.75, 3.05) is 0 Å². The zero-order valence-electron chi connectivity index (χ0n) is 16.3. The molecule has 2 aromatic carbocycles. The predicted molar refractivity (Wildman–Crippen MR) is 110 cm³/mol. The van der Waals surface area contributed by atoms with E-state index in [0.29, 0.717) is 23.3 Å². The lowest BCUT2D eigenvalue weighted by molar-refractivity contribution is 0.0694. The predicted octanol–water partition coefficient (Wildman–Crippen LogP) is 5.95. The van der Waals surface area contributed by atoms with Crippen LogP contribution in [0.1, 0.15) is 34.8 Å². The van der Waals surface area contributed by atoms with Crippen molar-refractivity contribution >= 4 is 28.8 Å². The topological polar surface area (TPSA) is 53.4 Å². The van der Waals surface area contributed by atoms with E-state index in [4.69, 9.17) is 11.6 Å². The third kappa shape index (κ3) is 4.29. The second kappa shape index (κ2) is 8.65. The number of aromatic nitrogens is 1. The highest BCUT2D eigenvalue weighted by molar-refractivity contribution is 7.17. The maximum atomic E-state index is 14.3. The van der Waals surface area contributed by atoms with E-state index < -0.39 is 28.8 Å². The molecule has 4 nitrogen and oxygen atoms in total. The fourth-order valence-corrected chi connectivity index (χ4v) is 4.02. The Morgan fingerprint density at radius 3 is 2.43 bits per heavy atom. The van der Waals surface area contributed by atoms with Crippen molar-refractivity contribution in [3.8, 4) is 16.3 Å². The Balaban J connectivity index is 1.97. The molecule has 1 N–H and O–H groups in total. The Hall–Kier alpha value is -2.58. The number of benzene rings is 2. The van der Waals surface area contributed by atoms with Crippen LogP contribution >= 0.6 is 22.9 Å². The van der Waals surface area contributed by atoms with Crippen molar-refractivity contribution in [2.24, 2.45) is 0 Å². The first-order valence-electron chi connectivity index (χ1n) is 8.99. The molecular weight excluding hydrogens is 437 g/mol. The summed E-state index contributed by atoms with van der Waals surface area (Å²) >= 11 is 6.76. The maximum Gasteiger partial charge on any atom is 0.266 e. The molecule has 158 valence electrons. The number of thiazole rings is 1. The number of hydrogen-bond acceptors (Lipinski definition) is 4. The minimum Gasteiger partial charge on any atom is -0.503 e. The zero-order chi connectivity index (χ0) is 22.2. The van der Waals surface area contributed by atoms with E-state index in [1.807, 2.05) is 26.0 Å².